The summed E-state index contributed by atoms with van der Waals surface area (Å²) in [6, 6.07) is 5.00. The molecule has 4 nitrogen and oxygen atoms in total. The van der Waals surface area contributed by atoms with Crippen molar-refractivity contribution in [3.63, 3.8) is 0 Å². The Balaban J connectivity index is 1.71. The predicted octanol–water partition coefficient (Wildman–Crippen LogP) is 3.42. The van der Waals surface area contributed by atoms with Crippen molar-refractivity contribution in [2.75, 3.05) is 0 Å². The molecular formula is C16H15F3N4. The van der Waals surface area contributed by atoms with Crippen molar-refractivity contribution in [1.82, 2.24) is 20.3 Å². The van der Waals surface area contributed by atoms with Crippen LogP contribution in [0.25, 0.3) is 11.5 Å². The molecule has 1 N–H and O–H groups in total. The summed E-state index contributed by atoms with van der Waals surface area (Å²) in [4.78, 5) is 12.2. The van der Waals surface area contributed by atoms with Gasteiger partial charge in [0.1, 0.15) is 5.69 Å². The van der Waals surface area contributed by atoms with Crippen molar-refractivity contribution in [1.29, 1.82) is 0 Å². The van der Waals surface area contributed by atoms with Gasteiger partial charge >= 0.3 is 6.18 Å². The largest absolute Gasteiger partial charge is 0.417 e. The van der Waals surface area contributed by atoms with E-state index < -0.39 is 11.7 Å². The fourth-order valence-corrected chi connectivity index (χ4v) is 2.09. The standard InChI is InChI=1S/C16H15F3N4/c1-10(11-2-3-11)21-9-13-6-7-20-15(23-13)14-5-4-12(8-22-14)16(17,18)19/h4-8,11,21H,1-3,9H2. The molecule has 1 fully saturated rings. The molecule has 0 unspecified atom stereocenters. The highest BCUT2D eigenvalue weighted by atomic mass is 19.4. The molecule has 1 aliphatic carbocycles. The van der Waals surface area contributed by atoms with Crippen molar-refractivity contribution in [2.24, 2.45) is 5.92 Å². The highest BCUT2D eigenvalue weighted by Gasteiger charge is 2.31. The maximum atomic E-state index is 12.5. The molecule has 1 saturated carbocycles. The van der Waals surface area contributed by atoms with E-state index in [0.717, 1.165) is 36.8 Å². The first-order chi connectivity index (χ1) is 10.9. The van der Waals surface area contributed by atoms with E-state index in [2.05, 4.69) is 27.2 Å². The van der Waals surface area contributed by atoms with Gasteiger partial charge in [0.15, 0.2) is 5.82 Å². The number of alkyl halides is 3. The average molecular weight is 320 g/mol. The zero-order chi connectivity index (χ0) is 16.4. The van der Waals surface area contributed by atoms with Gasteiger partial charge in [-0.3, -0.25) is 4.98 Å². The second-order valence-corrected chi connectivity index (χ2v) is 5.45. The van der Waals surface area contributed by atoms with Gasteiger partial charge in [-0.15, -0.1) is 0 Å². The Hall–Kier alpha value is -2.02. The van der Waals surface area contributed by atoms with Crippen molar-refractivity contribution >= 4 is 0 Å². The second kappa shape index (κ2) is 6.23. The van der Waals surface area contributed by atoms with Crippen molar-refractivity contribution in [3.8, 4) is 11.5 Å². The van der Waals surface area contributed by atoms with Gasteiger partial charge in [-0.2, -0.15) is 13.2 Å². The number of nitrogens with one attached hydrogen (secondary N) is 1. The molecule has 120 valence electrons. The lowest BCUT2D eigenvalue weighted by Gasteiger charge is -2.11. The molecule has 0 amide bonds. The molecule has 3 rings (SSSR count). The summed E-state index contributed by atoms with van der Waals surface area (Å²) >= 11 is 0. The third-order valence-electron chi connectivity index (χ3n) is 3.60. The number of hydrogen-bond donors (Lipinski definition) is 1. The lowest BCUT2D eigenvalue weighted by atomic mass is 10.2. The number of rotatable bonds is 5. The van der Waals surface area contributed by atoms with Gasteiger partial charge in [-0.25, -0.2) is 9.97 Å². The highest BCUT2D eigenvalue weighted by molar-refractivity contribution is 5.49. The molecule has 0 aromatic carbocycles. The Kier molecular flexibility index (Phi) is 4.30. The SMILES string of the molecule is [CH2][C](NCc1ccnc(-c2ccc(C(F)(F)F)cn2)n1)C1CC1. The van der Waals surface area contributed by atoms with Gasteiger partial charge in [-0.1, -0.05) is 0 Å². The Bertz CT molecular complexity index is 666. The summed E-state index contributed by atoms with van der Waals surface area (Å²) in [7, 11) is 0. The van der Waals surface area contributed by atoms with Crippen LogP contribution in [0.1, 0.15) is 24.1 Å². The van der Waals surface area contributed by atoms with Crippen LogP contribution in [0.15, 0.2) is 30.6 Å². The molecule has 2 radical (unpaired) electrons. The summed E-state index contributed by atoms with van der Waals surface area (Å²) in [6.45, 7) is 4.48. The molecular weight excluding hydrogens is 305 g/mol. The Morgan fingerprint density at radius 1 is 1.22 bits per heavy atom. The zero-order valence-electron chi connectivity index (χ0n) is 12.3. The third kappa shape index (κ3) is 4.04. The smallest absolute Gasteiger partial charge is 0.304 e. The predicted molar refractivity (Wildman–Crippen MR) is 78.4 cm³/mol. The van der Waals surface area contributed by atoms with E-state index in [-0.39, 0.29) is 0 Å². The molecule has 7 heteroatoms. The molecule has 0 atom stereocenters. The Morgan fingerprint density at radius 2 is 2.00 bits per heavy atom. The maximum Gasteiger partial charge on any atom is 0.417 e. The van der Waals surface area contributed by atoms with E-state index in [0.29, 0.717) is 24.0 Å². The van der Waals surface area contributed by atoms with Gasteiger partial charge in [0.05, 0.1) is 11.3 Å². The second-order valence-electron chi connectivity index (χ2n) is 5.45. The summed E-state index contributed by atoms with van der Waals surface area (Å²) in [5, 5.41) is 3.21. The van der Waals surface area contributed by atoms with Gasteiger partial charge in [0.2, 0.25) is 0 Å². The lowest BCUT2D eigenvalue weighted by molar-refractivity contribution is -0.137. The average Bonchev–Trinajstić information content (AvgIpc) is 3.37. The van der Waals surface area contributed by atoms with Gasteiger partial charge in [0, 0.05) is 25.0 Å². The van der Waals surface area contributed by atoms with Crippen LogP contribution < -0.4 is 5.32 Å². The van der Waals surface area contributed by atoms with Crippen LogP contribution in [0, 0.1) is 18.9 Å². The number of nitrogens with zero attached hydrogens (tertiary/aromatic N) is 3. The van der Waals surface area contributed by atoms with Gasteiger partial charge in [0.25, 0.3) is 0 Å². The summed E-state index contributed by atoms with van der Waals surface area (Å²) < 4.78 is 37.6. The molecule has 0 spiro atoms. The van der Waals surface area contributed by atoms with Gasteiger partial charge < -0.3 is 5.32 Å². The van der Waals surface area contributed by atoms with Crippen LogP contribution in [-0.4, -0.2) is 15.0 Å². The van der Waals surface area contributed by atoms with Crippen LogP contribution in [-0.2, 0) is 12.7 Å². The summed E-state index contributed by atoms with van der Waals surface area (Å²) in [6.07, 6.45) is 0.283. The molecule has 0 bridgehead atoms. The third-order valence-corrected chi connectivity index (χ3v) is 3.60. The molecule has 1 aliphatic rings. The quantitative estimate of drug-likeness (QED) is 0.917. The monoisotopic (exact) mass is 320 g/mol. The van der Waals surface area contributed by atoms with E-state index in [1.165, 1.54) is 6.07 Å². The molecule has 0 aliphatic heterocycles. The van der Waals surface area contributed by atoms with E-state index in [9.17, 15) is 13.2 Å². The number of pyridine rings is 1. The molecule has 2 heterocycles. The highest BCUT2D eigenvalue weighted by Crippen LogP contribution is 2.36. The first kappa shape index (κ1) is 15.9. The van der Waals surface area contributed by atoms with Crippen LogP contribution in [0.4, 0.5) is 13.2 Å². The van der Waals surface area contributed by atoms with E-state index >= 15 is 0 Å². The molecule has 2 aromatic heterocycles. The first-order valence-electron chi connectivity index (χ1n) is 7.21. The fourth-order valence-electron chi connectivity index (χ4n) is 2.09. The van der Waals surface area contributed by atoms with Crippen LogP contribution in [0.3, 0.4) is 0 Å². The minimum Gasteiger partial charge on any atom is -0.304 e. The van der Waals surface area contributed by atoms with E-state index in [1.807, 2.05) is 0 Å². The lowest BCUT2D eigenvalue weighted by Crippen LogP contribution is -2.20. The fraction of sp³-hybridized carbons (Fsp3) is 0.312. The first-order valence-corrected chi connectivity index (χ1v) is 7.21. The number of halogens is 3. The molecule has 23 heavy (non-hydrogen) atoms. The minimum absolute atomic E-state index is 0.301. The summed E-state index contributed by atoms with van der Waals surface area (Å²) in [5.74, 6) is 0.850. The van der Waals surface area contributed by atoms with Crippen LogP contribution in [0.5, 0.6) is 0 Å². The topological polar surface area (TPSA) is 50.7 Å². The normalized spacial score (nSPS) is 15.2. The van der Waals surface area contributed by atoms with Crippen molar-refractivity contribution < 1.29 is 13.2 Å². The minimum atomic E-state index is -4.40. The van der Waals surface area contributed by atoms with Crippen LogP contribution >= 0.6 is 0 Å². The number of aromatic nitrogens is 3. The zero-order valence-corrected chi connectivity index (χ0v) is 12.3. The van der Waals surface area contributed by atoms with Crippen molar-refractivity contribution in [3.05, 3.63) is 54.8 Å². The van der Waals surface area contributed by atoms with Crippen LogP contribution in [0.2, 0.25) is 0 Å². The Labute approximate surface area is 132 Å². The molecule has 0 saturated heterocycles. The van der Waals surface area contributed by atoms with E-state index in [1.54, 1.807) is 12.3 Å². The van der Waals surface area contributed by atoms with E-state index in [4.69, 9.17) is 0 Å². The van der Waals surface area contributed by atoms with Gasteiger partial charge in [-0.05, 0) is 43.9 Å². The molecule has 2 aromatic rings. The Morgan fingerprint density at radius 3 is 2.61 bits per heavy atom. The van der Waals surface area contributed by atoms with Crippen molar-refractivity contribution in [2.45, 2.75) is 25.6 Å². The number of hydrogen-bond acceptors (Lipinski definition) is 4. The maximum absolute atomic E-state index is 12.5. The summed E-state index contributed by atoms with van der Waals surface area (Å²) in [5.41, 5.74) is 0.249.